The summed E-state index contributed by atoms with van der Waals surface area (Å²) in [4.78, 5) is 2.20. The summed E-state index contributed by atoms with van der Waals surface area (Å²) in [5.41, 5.74) is 0. The van der Waals surface area contributed by atoms with Crippen molar-refractivity contribution in [1.29, 1.82) is 0 Å². The molecule has 0 saturated heterocycles. The molecule has 3 nitrogen and oxygen atoms in total. The quantitative estimate of drug-likeness (QED) is 0.589. The van der Waals surface area contributed by atoms with Gasteiger partial charge in [0, 0.05) is 12.6 Å². The highest BCUT2D eigenvalue weighted by Crippen LogP contribution is 2.18. The minimum Gasteiger partial charge on any atom is -0.378 e. The van der Waals surface area contributed by atoms with E-state index in [1.807, 2.05) is 0 Å². The van der Waals surface area contributed by atoms with Crippen LogP contribution in [-0.4, -0.2) is 50.8 Å². The summed E-state index contributed by atoms with van der Waals surface area (Å²) in [6.07, 6.45) is 5.42. The zero-order valence-corrected chi connectivity index (χ0v) is 10.5. The second-order valence-electron chi connectivity index (χ2n) is 4.86. The van der Waals surface area contributed by atoms with E-state index < -0.39 is 0 Å². The fourth-order valence-electron chi connectivity index (χ4n) is 1.53. The molecule has 0 aromatic heterocycles. The maximum Gasteiger partial charge on any atom is 0.0559 e. The van der Waals surface area contributed by atoms with Crippen molar-refractivity contribution in [3.05, 3.63) is 0 Å². The number of rotatable bonds is 9. The van der Waals surface area contributed by atoms with Crippen molar-refractivity contribution in [3.8, 4) is 0 Å². The van der Waals surface area contributed by atoms with E-state index in [0.29, 0.717) is 6.10 Å². The third kappa shape index (κ3) is 7.77. The molecule has 0 radical (unpaired) electrons. The molecular formula is C12H26N2O. The van der Waals surface area contributed by atoms with Crippen molar-refractivity contribution in [2.24, 2.45) is 0 Å². The summed E-state index contributed by atoms with van der Waals surface area (Å²) in [6.45, 7) is 5.29. The van der Waals surface area contributed by atoms with Crippen LogP contribution >= 0.6 is 0 Å². The van der Waals surface area contributed by atoms with Gasteiger partial charge in [-0.15, -0.1) is 0 Å². The third-order valence-electron chi connectivity index (χ3n) is 2.71. The van der Waals surface area contributed by atoms with Crippen LogP contribution in [0.3, 0.4) is 0 Å². The van der Waals surface area contributed by atoms with Crippen molar-refractivity contribution in [2.75, 3.05) is 33.8 Å². The SMILES string of the molecule is CC(CCNC1CC1)OCCCN(C)C. The predicted molar refractivity (Wildman–Crippen MR) is 64.2 cm³/mol. The number of nitrogens with one attached hydrogen (secondary N) is 1. The van der Waals surface area contributed by atoms with Crippen molar-refractivity contribution in [1.82, 2.24) is 10.2 Å². The maximum absolute atomic E-state index is 5.73. The van der Waals surface area contributed by atoms with Gasteiger partial charge in [0.1, 0.15) is 0 Å². The van der Waals surface area contributed by atoms with Crippen molar-refractivity contribution in [3.63, 3.8) is 0 Å². The highest BCUT2D eigenvalue weighted by molar-refractivity contribution is 4.80. The first-order valence-electron chi connectivity index (χ1n) is 6.18. The molecule has 1 fully saturated rings. The largest absolute Gasteiger partial charge is 0.378 e. The minimum absolute atomic E-state index is 0.401. The molecule has 90 valence electrons. The van der Waals surface area contributed by atoms with Gasteiger partial charge in [-0.2, -0.15) is 0 Å². The Morgan fingerprint density at radius 3 is 2.73 bits per heavy atom. The fourth-order valence-corrected chi connectivity index (χ4v) is 1.53. The smallest absolute Gasteiger partial charge is 0.0559 e. The highest BCUT2D eigenvalue weighted by atomic mass is 16.5. The molecule has 0 amide bonds. The van der Waals surface area contributed by atoms with Gasteiger partial charge in [-0.3, -0.25) is 0 Å². The molecule has 0 aliphatic heterocycles. The molecule has 3 heteroatoms. The molecule has 0 aromatic carbocycles. The summed E-state index contributed by atoms with van der Waals surface area (Å²) in [6, 6.07) is 0.825. The van der Waals surface area contributed by atoms with E-state index in [-0.39, 0.29) is 0 Å². The highest BCUT2D eigenvalue weighted by Gasteiger charge is 2.19. The van der Waals surface area contributed by atoms with E-state index in [0.717, 1.165) is 38.6 Å². The predicted octanol–water partition coefficient (Wildman–Crippen LogP) is 1.49. The van der Waals surface area contributed by atoms with Crippen molar-refractivity contribution in [2.45, 2.75) is 44.8 Å². The van der Waals surface area contributed by atoms with Gasteiger partial charge in [0.25, 0.3) is 0 Å². The van der Waals surface area contributed by atoms with E-state index in [4.69, 9.17) is 4.74 Å². The van der Waals surface area contributed by atoms with Crippen LogP contribution in [0.1, 0.15) is 32.6 Å². The first-order valence-corrected chi connectivity index (χ1v) is 6.18. The standard InChI is InChI=1S/C12H26N2O/c1-11(7-8-13-12-5-6-12)15-10-4-9-14(2)3/h11-13H,4-10H2,1-3H3. The van der Waals surface area contributed by atoms with Crippen molar-refractivity contribution >= 4 is 0 Å². The van der Waals surface area contributed by atoms with Gasteiger partial charge in [0.15, 0.2) is 0 Å². The minimum atomic E-state index is 0.401. The Hall–Kier alpha value is -0.120. The molecule has 1 rings (SSSR count). The molecule has 1 aliphatic rings. The van der Waals surface area contributed by atoms with E-state index in [9.17, 15) is 0 Å². The molecular weight excluding hydrogens is 188 g/mol. The van der Waals surface area contributed by atoms with Crippen molar-refractivity contribution < 1.29 is 4.74 Å². The van der Waals surface area contributed by atoms with Crippen LogP contribution in [0, 0.1) is 0 Å². The summed E-state index contributed by atoms with van der Waals surface area (Å²) >= 11 is 0. The van der Waals surface area contributed by atoms with Gasteiger partial charge < -0.3 is 15.0 Å². The zero-order valence-electron chi connectivity index (χ0n) is 10.5. The number of ether oxygens (including phenoxy) is 1. The Labute approximate surface area is 94.2 Å². The van der Waals surface area contributed by atoms with Gasteiger partial charge in [-0.1, -0.05) is 0 Å². The van der Waals surface area contributed by atoms with Crippen LogP contribution in [0.4, 0.5) is 0 Å². The van der Waals surface area contributed by atoms with Gasteiger partial charge in [0.2, 0.25) is 0 Å². The van der Waals surface area contributed by atoms with E-state index in [2.05, 4.69) is 31.2 Å². The lowest BCUT2D eigenvalue weighted by atomic mass is 10.3. The van der Waals surface area contributed by atoms with Crippen LogP contribution in [0.2, 0.25) is 0 Å². The molecule has 1 saturated carbocycles. The van der Waals surface area contributed by atoms with Gasteiger partial charge in [0.05, 0.1) is 6.10 Å². The second-order valence-corrected chi connectivity index (χ2v) is 4.86. The van der Waals surface area contributed by atoms with E-state index in [1.165, 1.54) is 12.8 Å². The van der Waals surface area contributed by atoms with E-state index in [1.54, 1.807) is 0 Å². The molecule has 0 bridgehead atoms. The Morgan fingerprint density at radius 1 is 1.40 bits per heavy atom. The molecule has 0 aromatic rings. The molecule has 15 heavy (non-hydrogen) atoms. The Bertz CT molecular complexity index is 158. The van der Waals surface area contributed by atoms with Crippen LogP contribution in [0.15, 0.2) is 0 Å². The lowest BCUT2D eigenvalue weighted by Gasteiger charge is -2.14. The zero-order chi connectivity index (χ0) is 11.1. The molecule has 1 N–H and O–H groups in total. The number of hydrogen-bond acceptors (Lipinski definition) is 3. The lowest BCUT2D eigenvalue weighted by molar-refractivity contribution is 0.0557. The van der Waals surface area contributed by atoms with Crippen LogP contribution in [0.25, 0.3) is 0 Å². The lowest BCUT2D eigenvalue weighted by Crippen LogP contribution is -2.23. The molecule has 1 unspecified atom stereocenters. The summed E-state index contributed by atoms with van der Waals surface area (Å²) in [5.74, 6) is 0. The molecule has 1 atom stereocenters. The number of nitrogens with zero attached hydrogens (tertiary/aromatic N) is 1. The van der Waals surface area contributed by atoms with Gasteiger partial charge in [-0.05, 0) is 59.8 Å². The fraction of sp³-hybridized carbons (Fsp3) is 1.00. The molecule has 0 heterocycles. The summed E-state index contributed by atoms with van der Waals surface area (Å²) < 4.78 is 5.73. The summed E-state index contributed by atoms with van der Waals surface area (Å²) in [7, 11) is 4.20. The Balaban J connectivity index is 1.81. The normalized spacial score (nSPS) is 18.4. The molecule has 0 spiro atoms. The molecule has 1 aliphatic carbocycles. The second kappa shape index (κ2) is 7.20. The number of hydrogen-bond donors (Lipinski definition) is 1. The van der Waals surface area contributed by atoms with Gasteiger partial charge in [-0.25, -0.2) is 0 Å². The average Bonchev–Trinajstić information content (AvgIpc) is 2.96. The third-order valence-corrected chi connectivity index (χ3v) is 2.71. The first-order chi connectivity index (χ1) is 7.18. The van der Waals surface area contributed by atoms with Crippen LogP contribution in [-0.2, 0) is 4.74 Å². The monoisotopic (exact) mass is 214 g/mol. The average molecular weight is 214 g/mol. The topological polar surface area (TPSA) is 24.5 Å². The Morgan fingerprint density at radius 2 is 2.13 bits per heavy atom. The van der Waals surface area contributed by atoms with Gasteiger partial charge >= 0.3 is 0 Å². The van der Waals surface area contributed by atoms with Crippen LogP contribution in [0.5, 0.6) is 0 Å². The Kier molecular flexibility index (Phi) is 6.22. The maximum atomic E-state index is 5.73. The van der Waals surface area contributed by atoms with E-state index >= 15 is 0 Å². The van der Waals surface area contributed by atoms with Crippen LogP contribution < -0.4 is 5.32 Å². The summed E-state index contributed by atoms with van der Waals surface area (Å²) in [5, 5.41) is 3.51. The first kappa shape index (κ1) is 12.9.